The Bertz CT molecular complexity index is 674. The standard InChI is InChI=1S/C15H15BrN2O3/c1-3-11-12(4-2)17-18-14(13(11)15(19)20)21-10-7-5-6-9(16)8-10/h5-8H,3-4H2,1-2H3,(H,19,20). The molecule has 5 nitrogen and oxygen atoms in total. The molecule has 0 aliphatic rings. The van der Waals surface area contributed by atoms with Crippen LogP contribution in [0.25, 0.3) is 0 Å². The van der Waals surface area contributed by atoms with Gasteiger partial charge in [-0.15, -0.1) is 5.10 Å². The van der Waals surface area contributed by atoms with Gasteiger partial charge in [-0.3, -0.25) is 0 Å². The van der Waals surface area contributed by atoms with Gasteiger partial charge >= 0.3 is 5.97 Å². The van der Waals surface area contributed by atoms with Gasteiger partial charge in [0.1, 0.15) is 11.3 Å². The highest BCUT2D eigenvalue weighted by Gasteiger charge is 2.22. The Labute approximate surface area is 131 Å². The third-order valence-electron chi connectivity index (χ3n) is 3.04. The van der Waals surface area contributed by atoms with Crippen molar-refractivity contribution < 1.29 is 14.6 Å². The monoisotopic (exact) mass is 350 g/mol. The minimum atomic E-state index is -1.05. The summed E-state index contributed by atoms with van der Waals surface area (Å²) in [4.78, 5) is 11.6. The zero-order valence-corrected chi connectivity index (χ0v) is 13.3. The van der Waals surface area contributed by atoms with Crippen molar-refractivity contribution in [1.82, 2.24) is 10.2 Å². The fourth-order valence-electron chi connectivity index (χ4n) is 2.09. The SMILES string of the molecule is CCc1nnc(Oc2cccc(Br)c2)c(C(=O)O)c1CC. The highest BCUT2D eigenvalue weighted by molar-refractivity contribution is 9.10. The normalized spacial score (nSPS) is 10.4. The Kier molecular flexibility index (Phi) is 4.90. The molecule has 1 aromatic carbocycles. The minimum absolute atomic E-state index is 0.0228. The van der Waals surface area contributed by atoms with Gasteiger partial charge in [0.05, 0.1) is 5.69 Å². The molecule has 21 heavy (non-hydrogen) atoms. The van der Waals surface area contributed by atoms with Crippen LogP contribution in [-0.2, 0) is 12.8 Å². The smallest absolute Gasteiger partial charge is 0.341 e. The molecule has 0 fully saturated rings. The van der Waals surface area contributed by atoms with Gasteiger partial charge in [0, 0.05) is 4.47 Å². The van der Waals surface area contributed by atoms with E-state index in [1.807, 2.05) is 19.9 Å². The Morgan fingerprint density at radius 2 is 2.05 bits per heavy atom. The van der Waals surface area contributed by atoms with Gasteiger partial charge in [0.25, 0.3) is 5.88 Å². The summed E-state index contributed by atoms with van der Waals surface area (Å²) in [6.07, 6.45) is 1.20. The first kappa shape index (κ1) is 15.4. The van der Waals surface area contributed by atoms with E-state index in [0.29, 0.717) is 29.8 Å². The van der Waals surface area contributed by atoms with E-state index in [-0.39, 0.29) is 11.4 Å². The van der Waals surface area contributed by atoms with Crippen molar-refractivity contribution in [3.8, 4) is 11.6 Å². The molecule has 0 spiro atoms. The third-order valence-corrected chi connectivity index (χ3v) is 3.53. The average Bonchev–Trinajstić information content (AvgIpc) is 2.46. The summed E-state index contributed by atoms with van der Waals surface area (Å²) in [7, 11) is 0. The average molecular weight is 351 g/mol. The second-order valence-electron chi connectivity index (χ2n) is 4.38. The van der Waals surface area contributed by atoms with Gasteiger partial charge < -0.3 is 9.84 Å². The molecule has 0 radical (unpaired) electrons. The number of ether oxygens (including phenoxy) is 1. The molecule has 1 heterocycles. The first-order valence-corrected chi connectivity index (χ1v) is 7.41. The van der Waals surface area contributed by atoms with E-state index in [1.165, 1.54) is 0 Å². The Hall–Kier alpha value is -1.95. The Morgan fingerprint density at radius 1 is 1.29 bits per heavy atom. The van der Waals surface area contributed by atoms with Gasteiger partial charge in [-0.1, -0.05) is 35.8 Å². The van der Waals surface area contributed by atoms with Gasteiger partial charge in [-0.05, 0) is 36.6 Å². The minimum Gasteiger partial charge on any atom is -0.477 e. The lowest BCUT2D eigenvalue weighted by Gasteiger charge is -2.12. The van der Waals surface area contributed by atoms with E-state index >= 15 is 0 Å². The molecule has 0 saturated carbocycles. The Balaban J connectivity index is 2.50. The Morgan fingerprint density at radius 3 is 2.62 bits per heavy atom. The predicted octanol–water partition coefficient (Wildman–Crippen LogP) is 3.85. The zero-order chi connectivity index (χ0) is 15.4. The quantitative estimate of drug-likeness (QED) is 0.886. The zero-order valence-electron chi connectivity index (χ0n) is 11.8. The molecular weight excluding hydrogens is 336 g/mol. The molecule has 0 unspecified atom stereocenters. The number of aryl methyl sites for hydroxylation is 1. The number of nitrogens with zero attached hydrogens (tertiary/aromatic N) is 2. The maximum absolute atomic E-state index is 11.6. The van der Waals surface area contributed by atoms with E-state index in [0.717, 1.165) is 4.47 Å². The molecule has 0 saturated heterocycles. The van der Waals surface area contributed by atoms with Gasteiger partial charge in [0.15, 0.2) is 0 Å². The van der Waals surface area contributed by atoms with Crippen LogP contribution in [0.15, 0.2) is 28.7 Å². The van der Waals surface area contributed by atoms with E-state index in [4.69, 9.17) is 4.74 Å². The molecule has 0 atom stereocenters. The lowest BCUT2D eigenvalue weighted by atomic mass is 10.0. The predicted molar refractivity (Wildman–Crippen MR) is 82.0 cm³/mol. The van der Waals surface area contributed by atoms with Crippen molar-refractivity contribution in [1.29, 1.82) is 0 Å². The van der Waals surface area contributed by atoms with Crippen LogP contribution in [-0.4, -0.2) is 21.3 Å². The van der Waals surface area contributed by atoms with Crippen molar-refractivity contribution in [2.45, 2.75) is 26.7 Å². The first-order valence-electron chi connectivity index (χ1n) is 6.61. The number of carboxylic acid groups (broad SMARTS) is 1. The van der Waals surface area contributed by atoms with Crippen molar-refractivity contribution in [3.05, 3.63) is 45.6 Å². The fourth-order valence-corrected chi connectivity index (χ4v) is 2.47. The number of hydrogen-bond donors (Lipinski definition) is 1. The van der Waals surface area contributed by atoms with E-state index in [2.05, 4.69) is 26.1 Å². The molecule has 110 valence electrons. The highest BCUT2D eigenvalue weighted by atomic mass is 79.9. The van der Waals surface area contributed by atoms with Crippen LogP contribution in [0.5, 0.6) is 11.6 Å². The van der Waals surface area contributed by atoms with Crippen LogP contribution in [0, 0.1) is 0 Å². The lowest BCUT2D eigenvalue weighted by molar-refractivity contribution is 0.0691. The summed E-state index contributed by atoms with van der Waals surface area (Å²) < 4.78 is 6.45. The van der Waals surface area contributed by atoms with Crippen molar-refractivity contribution in [2.24, 2.45) is 0 Å². The largest absolute Gasteiger partial charge is 0.477 e. The van der Waals surface area contributed by atoms with Crippen LogP contribution in [0.1, 0.15) is 35.5 Å². The van der Waals surface area contributed by atoms with Crippen LogP contribution >= 0.6 is 15.9 Å². The first-order chi connectivity index (χ1) is 10.1. The summed E-state index contributed by atoms with van der Waals surface area (Å²) in [6, 6.07) is 7.13. The van der Waals surface area contributed by atoms with Crippen LogP contribution in [0.3, 0.4) is 0 Å². The lowest BCUT2D eigenvalue weighted by Crippen LogP contribution is -2.11. The summed E-state index contributed by atoms with van der Waals surface area (Å²) in [5.41, 5.74) is 1.45. The van der Waals surface area contributed by atoms with Crippen LogP contribution in [0.4, 0.5) is 0 Å². The number of halogens is 1. The van der Waals surface area contributed by atoms with E-state index < -0.39 is 5.97 Å². The maximum Gasteiger partial charge on any atom is 0.341 e. The fraction of sp³-hybridized carbons (Fsp3) is 0.267. The van der Waals surface area contributed by atoms with Crippen molar-refractivity contribution in [2.75, 3.05) is 0 Å². The number of carboxylic acids is 1. The molecule has 1 aromatic heterocycles. The van der Waals surface area contributed by atoms with Crippen LogP contribution in [0.2, 0.25) is 0 Å². The summed E-state index contributed by atoms with van der Waals surface area (Å²) in [6.45, 7) is 3.81. The summed E-state index contributed by atoms with van der Waals surface area (Å²) in [5, 5.41) is 17.5. The molecule has 2 rings (SSSR count). The molecular formula is C15H15BrN2O3. The number of carbonyl (C=O) groups is 1. The summed E-state index contributed by atoms with van der Waals surface area (Å²) in [5.74, 6) is -0.524. The van der Waals surface area contributed by atoms with Crippen molar-refractivity contribution in [3.63, 3.8) is 0 Å². The van der Waals surface area contributed by atoms with Gasteiger partial charge in [0.2, 0.25) is 0 Å². The number of hydrogen-bond acceptors (Lipinski definition) is 4. The molecule has 1 N–H and O–H groups in total. The molecule has 0 amide bonds. The number of benzene rings is 1. The van der Waals surface area contributed by atoms with E-state index in [9.17, 15) is 9.90 Å². The second-order valence-corrected chi connectivity index (χ2v) is 5.29. The molecule has 0 bridgehead atoms. The van der Waals surface area contributed by atoms with Gasteiger partial charge in [-0.25, -0.2) is 4.79 Å². The van der Waals surface area contributed by atoms with Crippen molar-refractivity contribution >= 4 is 21.9 Å². The molecule has 0 aliphatic carbocycles. The number of aromatic carboxylic acids is 1. The molecule has 6 heteroatoms. The van der Waals surface area contributed by atoms with Crippen LogP contribution < -0.4 is 4.74 Å². The van der Waals surface area contributed by atoms with Gasteiger partial charge in [-0.2, -0.15) is 5.10 Å². The third kappa shape index (κ3) is 3.39. The number of rotatable bonds is 5. The second kappa shape index (κ2) is 6.67. The number of aromatic nitrogens is 2. The maximum atomic E-state index is 11.6. The topological polar surface area (TPSA) is 72.3 Å². The molecule has 2 aromatic rings. The van der Waals surface area contributed by atoms with E-state index in [1.54, 1.807) is 18.2 Å². The highest BCUT2D eigenvalue weighted by Crippen LogP contribution is 2.28. The molecule has 0 aliphatic heterocycles. The summed E-state index contributed by atoms with van der Waals surface area (Å²) >= 11 is 3.34.